The molecule has 0 aromatic heterocycles. The highest BCUT2D eigenvalue weighted by molar-refractivity contribution is 6.84. The Morgan fingerprint density at radius 3 is 1.76 bits per heavy atom. The van der Waals surface area contributed by atoms with E-state index in [9.17, 15) is 0 Å². The second-order valence-corrected chi connectivity index (χ2v) is 11.2. The zero-order chi connectivity index (χ0) is 13.4. The fourth-order valence-electron chi connectivity index (χ4n) is 3.74. The van der Waals surface area contributed by atoms with Gasteiger partial charge >= 0.3 is 0 Å². The van der Waals surface area contributed by atoms with Gasteiger partial charge in [-0.3, -0.25) is 0 Å². The summed E-state index contributed by atoms with van der Waals surface area (Å²) < 4.78 is 6.72. The van der Waals surface area contributed by atoms with E-state index in [4.69, 9.17) is 4.43 Å². The minimum absolute atomic E-state index is 0.428. The predicted molar refractivity (Wildman–Crippen MR) is 78.6 cm³/mol. The fourth-order valence-corrected chi connectivity index (χ4v) is 9.34. The van der Waals surface area contributed by atoms with Crippen LogP contribution in [0.5, 0.6) is 0 Å². The zero-order valence-corrected chi connectivity index (χ0v) is 13.9. The predicted octanol–water partition coefficient (Wildman–Crippen LogP) is 4.93. The molecule has 1 aliphatic rings. The molecule has 1 fully saturated rings. The van der Waals surface area contributed by atoms with Gasteiger partial charge in [0, 0.05) is 5.92 Å². The lowest BCUT2D eigenvalue weighted by Gasteiger charge is -2.36. The minimum Gasteiger partial charge on any atom is -0.408 e. The minimum atomic E-state index is -1.74. The smallest absolute Gasteiger partial charge is 0.225 e. The first-order valence-corrected chi connectivity index (χ1v) is 9.19. The summed E-state index contributed by atoms with van der Waals surface area (Å²) in [6.07, 6.45) is 2.79. The first-order valence-electron chi connectivity index (χ1n) is 7.13. The van der Waals surface area contributed by atoms with Crippen molar-refractivity contribution in [1.82, 2.24) is 0 Å². The molecule has 0 aromatic carbocycles. The van der Waals surface area contributed by atoms with E-state index in [-0.39, 0.29) is 0 Å². The molecule has 2 atom stereocenters. The second kappa shape index (κ2) is 5.27. The van der Waals surface area contributed by atoms with E-state index in [2.05, 4.69) is 61.5 Å². The summed E-state index contributed by atoms with van der Waals surface area (Å²) in [6.45, 7) is 18.6. The van der Waals surface area contributed by atoms with E-state index >= 15 is 0 Å². The van der Waals surface area contributed by atoms with Crippen molar-refractivity contribution >= 4 is 8.32 Å². The Hall–Kier alpha value is -0.0831. The van der Waals surface area contributed by atoms with Crippen LogP contribution >= 0.6 is 0 Å². The zero-order valence-electron chi connectivity index (χ0n) is 12.9. The van der Waals surface area contributed by atoms with Crippen LogP contribution in [-0.2, 0) is 4.43 Å². The number of hydrogen-bond donors (Lipinski definition) is 0. The molecule has 0 aromatic rings. The van der Waals surface area contributed by atoms with E-state index in [1.165, 1.54) is 0 Å². The quantitative estimate of drug-likeness (QED) is 0.649. The van der Waals surface area contributed by atoms with Crippen LogP contribution in [0.1, 0.15) is 55.4 Å². The molecule has 1 heterocycles. The molecular formula is C15H30OSi. The SMILES string of the molecule is C/C=C1\[C@H](C)[C@@H](C(C)C)O[Si]1(C(C)C)C(C)C. The first-order chi connectivity index (χ1) is 7.78. The van der Waals surface area contributed by atoms with E-state index in [0.29, 0.717) is 29.0 Å². The van der Waals surface area contributed by atoms with Gasteiger partial charge in [0.15, 0.2) is 0 Å². The van der Waals surface area contributed by atoms with Gasteiger partial charge in [0.1, 0.15) is 0 Å². The summed E-state index contributed by atoms with van der Waals surface area (Å²) in [4.78, 5) is 0. The molecule has 0 radical (unpaired) electrons. The molecule has 1 saturated heterocycles. The number of hydrogen-bond acceptors (Lipinski definition) is 1. The molecule has 0 unspecified atom stereocenters. The third-order valence-electron chi connectivity index (χ3n) is 4.45. The Bertz CT molecular complexity index is 283. The summed E-state index contributed by atoms with van der Waals surface area (Å²) >= 11 is 0. The van der Waals surface area contributed by atoms with Crippen molar-refractivity contribution in [1.29, 1.82) is 0 Å². The number of allylic oxidation sites excluding steroid dienone is 1. The van der Waals surface area contributed by atoms with Crippen LogP contribution in [0.4, 0.5) is 0 Å². The average molecular weight is 254 g/mol. The third-order valence-corrected chi connectivity index (χ3v) is 10.2. The lowest BCUT2D eigenvalue weighted by molar-refractivity contribution is 0.130. The molecule has 0 saturated carbocycles. The van der Waals surface area contributed by atoms with E-state index in [1.54, 1.807) is 5.20 Å². The monoisotopic (exact) mass is 254 g/mol. The van der Waals surface area contributed by atoms with Crippen molar-refractivity contribution in [2.45, 2.75) is 72.6 Å². The first kappa shape index (κ1) is 15.0. The highest BCUT2D eigenvalue weighted by Crippen LogP contribution is 2.50. The Labute approximate surface area is 109 Å². The average Bonchev–Trinajstić information content (AvgIpc) is 2.52. The molecule has 1 aliphatic heterocycles. The maximum Gasteiger partial charge on any atom is 0.225 e. The summed E-state index contributed by atoms with van der Waals surface area (Å²) in [5.41, 5.74) is 1.33. The van der Waals surface area contributed by atoms with Crippen LogP contribution in [0, 0.1) is 11.8 Å². The van der Waals surface area contributed by atoms with Gasteiger partial charge in [-0.1, -0.05) is 59.7 Å². The van der Waals surface area contributed by atoms with Crippen molar-refractivity contribution in [2.75, 3.05) is 0 Å². The van der Waals surface area contributed by atoms with Crippen molar-refractivity contribution in [2.24, 2.45) is 11.8 Å². The molecule has 0 amide bonds. The molecule has 0 aliphatic carbocycles. The molecule has 1 rings (SSSR count). The van der Waals surface area contributed by atoms with Crippen LogP contribution in [0.25, 0.3) is 0 Å². The normalized spacial score (nSPS) is 31.1. The lowest BCUT2D eigenvalue weighted by Crippen LogP contribution is -2.44. The molecule has 0 N–H and O–H groups in total. The van der Waals surface area contributed by atoms with Crippen LogP contribution in [0.15, 0.2) is 11.3 Å². The van der Waals surface area contributed by atoms with Crippen molar-refractivity contribution < 1.29 is 4.43 Å². The fraction of sp³-hybridized carbons (Fsp3) is 0.867. The molecule has 0 spiro atoms. The maximum atomic E-state index is 6.72. The van der Waals surface area contributed by atoms with Crippen LogP contribution < -0.4 is 0 Å². The van der Waals surface area contributed by atoms with Crippen molar-refractivity contribution in [3.05, 3.63) is 11.3 Å². The molecule has 100 valence electrons. The second-order valence-electron chi connectivity index (χ2n) is 6.46. The van der Waals surface area contributed by atoms with Crippen LogP contribution in [0.3, 0.4) is 0 Å². The van der Waals surface area contributed by atoms with Crippen molar-refractivity contribution in [3.8, 4) is 0 Å². The Morgan fingerprint density at radius 1 is 1.06 bits per heavy atom. The summed E-state index contributed by atoms with van der Waals surface area (Å²) in [5.74, 6) is 1.23. The van der Waals surface area contributed by atoms with Gasteiger partial charge in [-0.25, -0.2) is 0 Å². The standard InChI is InChI=1S/C15H30OSi/c1-9-14-13(8)15(10(2)3)16-17(14,11(4)5)12(6)7/h9-13,15H,1-8H3/b14-9+/t13-,15+/m0/s1. The highest BCUT2D eigenvalue weighted by Gasteiger charge is 2.55. The maximum absolute atomic E-state index is 6.72. The van der Waals surface area contributed by atoms with Crippen LogP contribution in [-0.4, -0.2) is 14.4 Å². The highest BCUT2D eigenvalue weighted by atomic mass is 28.4. The Morgan fingerprint density at radius 2 is 1.53 bits per heavy atom. The molecule has 0 bridgehead atoms. The van der Waals surface area contributed by atoms with E-state index < -0.39 is 8.32 Å². The topological polar surface area (TPSA) is 9.23 Å². The van der Waals surface area contributed by atoms with Crippen molar-refractivity contribution in [3.63, 3.8) is 0 Å². The number of rotatable bonds is 3. The summed E-state index contributed by atoms with van der Waals surface area (Å²) in [7, 11) is -1.74. The molecule has 2 heteroatoms. The van der Waals surface area contributed by atoms with Gasteiger partial charge in [0.05, 0.1) is 6.10 Å². The molecule has 1 nitrogen and oxygen atoms in total. The van der Waals surface area contributed by atoms with Gasteiger partial charge < -0.3 is 4.43 Å². The van der Waals surface area contributed by atoms with Gasteiger partial charge in [0.25, 0.3) is 0 Å². The van der Waals surface area contributed by atoms with Gasteiger partial charge in [-0.05, 0) is 23.9 Å². The van der Waals surface area contributed by atoms with Gasteiger partial charge in [0.2, 0.25) is 8.32 Å². The molecular weight excluding hydrogens is 224 g/mol. The Kier molecular flexibility index (Phi) is 4.65. The summed E-state index contributed by atoms with van der Waals surface area (Å²) in [5, 5.41) is 1.65. The van der Waals surface area contributed by atoms with Gasteiger partial charge in [-0.15, -0.1) is 0 Å². The largest absolute Gasteiger partial charge is 0.408 e. The van der Waals surface area contributed by atoms with E-state index in [1.807, 2.05) is 0 Å². The van der Waals surface area contributed by atoms with Crippen LogP contribution in [0.2, 0.25) is 11.1 Å². The third kappa shape index (κ3) is 2.26. The Balaban J connectivity index is 3.23. The lowest BCUT2D eigenvalue weighted by atomic mass is 9.94. The van der Waals surface area contributed by atoms with Gasteiger partial charge in [-0.2, -0.15) is 0 Å². The molecule has 17 heavy (non-hydrogen) atoms. The summed E-state index contributed by atoms with van der Waals surface area (Å²) in [6, 6.07) is 0. The van der Waals surface area contributed by atoms with E-state index in [0.717, 1.165) is 0 Å².